The molecule has 0 fully saturated rings. The Labute approximate surface area is 123 Å². The Balaban J connectivity index is 2.56. The van der Waals surface area contributed by atoms with Gasteiger partial charge >= 0.3 is 0 Å². The highest BCUT2D eigenvalue weighted by Crippen LogP contribution is 2.32. The first-order valence-electron chi connectivity index (χ1n) is 7.56. The van der Waals surface area contributed by atoms with Crippen LogP contribution in [-0.2, 0) is 14.9 Å². The molecule has 0 spiro atoms. The van der Waals surface area contributed by atoms with Crippen molar-refractivity contribution in [1.82, 2.24) is 5.32 Å². The average Bonchev–Trinajstić information content (AvgIpc) is 2.50. The smallest absolute Gasteiger partial charge is 0.0700 e. The van der Waals surface area contributed by atoms with Gasteiger partial charge in [-0.1, -0.05) is 37.3 Å². The van der Waals surface area contributed by atoms with Gasteiger partial charge in [-0.2, -0.15) is 0 Å². The molecule has 3 heteroatoms. The average molecular weight is 279 g/mol. The van der Waals surface area contributed by atoms with Crippen molar-refractivity contribution in [2.24, 2.45) is 0 Å². The van der Waals surface area contributed by atoms with Crippen LogP contribution in [0, 0.1) is 0 Å². The monoisotopic (exact) mass is 279 g/mol. The van der Waals surface area contributed by atoms with Gasteiger partial charge in [0.05, 0.1) is 13.2 Å². The lowest BCUT2D eigenvalue weighted by molar-refractivity contribution is 0.0661. The summed E-state index contributed by atoms with van der Waals surface area (Å²) in [5.74, 6) is 0. The highest BCUT2D eigenvalue weighted by atomic mass is 16.5. The third kappa shape index (κ3) is 5.23. The number of nitrogens with one attached hydrogen (secondary N) is 1. The molecule has 0 amide bonds. The SMILES string of the molecule is CCC(CCCOCCOC)(CNC)c1ccccc1. The zero-order valence-electron chi connectivity index (χ0n) is 13.2. The second kappa shape index (κ2) is 9.92. The van der Waals surface area contributed by atoms with Crippen LogP contribution in [0.25, 0.3) is 0 Å². The van der Waals surface area contributed by atoms with Gasteiger partial charge in [0, 0.05) is 25.7 Å². The summed E-state index contributed by atoms with van der Waals surface area (Å²) >= 11 is 0. The van der Waals surface area contributed by atoms with Gasteiger partial charge in [0.25, 0.3) is 0 Å². The molecule has 1 aromatic carbocycles. The van der Waals surface area contributed by atoms with Crippen LogP contribution < -0.4 is 5.32 Å². The first-order valence-corrected chi connectivity index (χ1v) is 7.56. The first kappa shape index (κ1) is 17.2. The van der Waals surface area contributed by atoms with Crippen molar-refractivity contribution < 1.29 is 9.47 Å². The number of benzene rings is 1. The zero-order chi connectivity index (χ0) is 14.7. The highest BCUT2D eigenvalue weighted by molar-refractivity contribution is 5.25. The second-order valence-corrected chi connectivity index (χ2v) is 5.24. The minimum Gasteiger partial charge on any atom is -0.382 e. The van der Waals surface area contributed by atoms with Gasteiger partial charge in [-0.05, 0) is 31.9 Å². The van der Waals surface area contributed by atoms with Crippen molar-refractivity contribution >= 4 is 0 Å². The zero-order valence-corrected chi connectivity index (χ0v) is 13.2. The van der Waals surface area contributed by atoms with Crippen LogP contribution in [0.4, 0.5) is 0 Å². The van der Waals surface area contributed by atoms with E-state index in [4.69, 9.17) is 9.47 Å². The summed E-state index contributed by atoms with van der Waals surface area (Å²) in [6, 6.07) is 10.8. The van der Waals surface area contributed by atoms with E-state index in [0.717, 1.165) is 32.4 Å². The molecule has 1 N–H and O–H groups in total. The largest absolute Gasteiger partial charge is 0.382 e. The van der Waals surface area contributed by atoms with E-state index in [2.05, 4.69) is 42.6 Å². The van der Waals surface area contributed by atoms with Crippen LogP contribution in [0.2, 0.25) is 0 Å². The number of hydrogen-bond acceptors (Lipinski definition) is 3. The molecule has 114 valence electrons. The number of ether oxygens (including phenoxy) is 2. The van der Waals surface area contributed by atoms with E-state index < -0.39 is 0 Å². The molecular weight excluding hydrogens is 250 g/mol. The molecule has 1 rings (SSSR count). The summed E-state index contributed by atoms with van der Waals surface area (Å²) in [7, 11) is 3.73. The maximum absolute atomic E-state index is 5.58. The maximum Gasteiger partial charge on any atom is 0.0700 e. The van der Waals surface area contributed by atoms with Crippen LogP contribution >= 0.6 is 0 Å². The highest BCUT2D eigenvalue weighted by Gasteiger charge is 2.28. The van der Waals surface area contributed by atoms with Crippen molar-refractivity contribution in [3.63, 3.8) is 0 Å². The Morgan fingerprint density at radius 3 is 2.45 bits per heavy atom. The molecule has 0 aromatic heterocycles. The normalized spacial score (nSPS) is 14.2. The summed E-state index contributed by atoms with van der Waals surface area (Å²) < 4.78 is 10.6. The Morgan fingerprint density at radius 2 is 1.85 bits per heavy atom. The maximum atomic E-state index is 5.58. The molecule has 0 bridgehead atoms. The summed E-state index contributed by atoms with van der Waals surface area (Å²) in [6.07, 6.45) is 3.35. The molecule has 0 aliphatic heterocycles. The fourth-order valence-corrected chi connectivity index (χ4v) is 2.73. The van der Waals surface area contributed by atoms with Crippen LogP contribution in [0.3, 0.4) is 0 Å². The number of likely N-dealkylation sites (N-methyl/N-ethyl adjacent to an activating group) is 1. The van der Waals surface area contributed by atoms with Gasteiger partial charge in [-0.3, -0.25) is 0 Å². The molecule has 0 saturated heterocycles. The standard InChI is InChI=1S/C17H29NO2/c1-4-17(15-18-2,16-9-6-5-7-10-16)11-8-12-20-14-13-19-3/h5-7,9-10,18H,4,8,11-15H2,1-3H3. The Kier molecular flexibility index (Phi) is 8.51. The van der Waals surface area contributed by atoms with E-state index >= 15 is 0 Å². The lowest BCUT2D eigenvalue weighted by Gasteiger charge is -2.33. The molecule has 20 heavy (non-hydrogen) atoms. The van der Waals surface area contributed by atoms with Crippen molar-refractivity contribution in [2.45, 2.75) is 31.6 Å². The summed E-state index contributed by atoms with van der Waals surface area (Å²) in [6.45, 7) is 5.45. The van der Waals surface area contributed by atoms with Gasteiger partial charge in [-0.25, -0.2) is 0 Å². The van der Waals surface area contributed by atoms with Gasteiger partial charge in [0.15, 0.2) is 0 Å². The molecule has 3 nitrogen and oxygen atoms in total. The van der Waals surface area contributed by atoms with E-state index in [9.17, 15) is 0 Å². The summed E-state index contributed by atoms with van der Waals surface area (Å²) in [5, 5.41) is 3.36. The van der Waals surface area contributed by atoms with Gasteiger partial charge < -0.3 is 14.8 Å². The number of rotatable bonds is 11. The molecule has 0 heterocycles. The van der Waals surface area contributed by atoms with Gasteiger partial charge in [-0.15, -0.1) is 0 Å². The summed E-state index contributed by atoms with van der Waals surface area (Å²) in [4.78, 5) is 0. The third-order valence-corrected chi connectivity index (χ3v) is 3.95. The van der Waals surface area contributed by atoms with Crippen LogP contribution in [0.15, 0.2) is 30.3 Å². The topological polar surface area (TPSA) is 30.5 Å². The van der Waals surface area contributed by atoms with E-state index in [-0.39, 0.29) is 5.41 Å². The molecule has 1 unspecified atom stereocenters. The predicted molar refractivity (Wildman–Crippen MR) is 84.3 cm³/mol. The molecule has 1 aromatic rings. The lowest BCUT2D eigenvalue weighted by atomic mass is 9.74. The van der Waals surface area contributed by atoms with Crippen LogP contribution in [0.5, 0.6) is 0 Å². The molecular formula is C17H29NO2. The fraction of sp³-hybridized carbons (Fsp3) is 0.647. The van der Waals surface area contributed by atoms with E-state index in [1.54, 1.807) is 7.11 Å². The van der Waals surface area contributed by atoms with Crippen LogP contribution in [0.1, 0.15) is 31.7 Å². The minimum atomic E-state index is 0.209. The first-order chi connectivity index (χ1) is 9.79. The quantitative estimate of drug-likeness (QED) is 0.632. The van der Waals surface area contributed by atoms with Crippen molar-refractivity contribution in [3.8, 4) is 0 Å². The van der Waals surface area contributed by atoms with Crippen molar-refractivity contribution in [3.05, 3.63) is 35.9 Å². The molecule has 0 radical (unpaired) electrons. The van der Waals surface area contributed by atoms with E-state index in [1.807, 2.05) is 7.05 Å². The summed E-state index contributed by atoms with van der Waals surface area (Å²) in [5.41, 5.74) is 1.63. The Hall–Kier alpha value is -0.900. The van der Waals surface area contributed by atoms with Gasteiger partial charge in [0.2, 0.25) is 0 Å². The Morgan fingerprint density at radius 1 is 1.10 bits per heavy atom. The molecule has 1 atom stereocenters. The minimum absolute atomic E-state index is 0.209. The second-order valence-electron chi connectivity index (χ2n) is 5.24. The molecule has 0 saturated carbocycles. The lowest BCUT2D eigenvalue weighted by Crippen LogP contribution is -2.36. The predicted octanol–water partition coefficient (Wildman–Crippen LogP) is 3.00. The van der Waals surface area contributed by atoms with E-state index in [0.29, 0.717) is 13.2 Å². The molecule has 0 aliphatic carbocycles. The third-order valence-electron chi connectivity index (χ3n) is 3.95. The van der Waals surface area contributed by atoms with Crippen molar-refractivity contribution in [1.29, 1.82) is 0 Å². The van der Waals surface area contributed by atoms with E-state index in [1.165, 1.54) is 5.56 Å². The van der Waals surface area contributed by atoms with Crippen molar-refractivity contribution in [2.75, 3.05) is 40.5 Å². The number of methoxy groups -OCH3 is 1. The van der Waals surface area contributed by atoms with Gasteiger partial charge in [0.1, 0.15) is 0 Å². The number of hydrogen-bond donors (Lipinski definition) is 1. The fourth-order valence-electron chi connectivity index (χ4n) is 2.73. The Bertz CT molecular complexity index is 342. The van der Waals surface area contributed by atoms with Crippen LogP contribution in [-0.4, -0.2) is 40.5 Å². The molecule has 0 aliphatic rings.